The summed E-state index contributed by atoms with van der Waals surface area (Å²) in [5, 5.41) is 0. The molecule has 0 saturated heterocycles. The van der Waals surface area contributed by atoms with Gasteiger partial charge in [0.1, 0.15) is 35.4 Å². The number of para-hydroxylation sites is 1. The van der Waals surface area contributed by atoms with Crippen molar-refractivity contribution in [3.05, 3.63) is 54.6 Å². The summed E-state index contributed by atoms with van der Waals surface area (Å²) in [7, 11) is 6.59. The molecule has 0 fully saturated rings. The van der Waals surface area contributed by atoms with Gasteiger partial charge in [-0.3, -0.25) is 0 Å². The lowest BCUT2D eigenvalue weighted by Gasteiger charge is -2.20. The summed E-state index contributed by atoms with van der Waals surface area (Å²) >= 11 is 0. The van der Waals surface area contributed by atoms with Gasteiger partial charge in [-0.15, -0.1) is 0 Å². The summed E-state index contributed by atoms with van der Waals surface area (Å²) in [6, 6.07) is 17.4. The van der Waals surface area contributed by atoms with Gasteiger partial charge in [0.15, 0.2) is 0 Å². The van der Waals surface area contributed by atoms with E-state index in [1.807, 2.05) is 68.4 Å². The Morgan fingerprint density at radius 2 is 1.12 bits per heavy atom. The van der Waals surface area contributed by atoms with E-state index < -0.39 is 0 Å². The molecule has 0 unspecified atom stereocenters. The van der Waals surface area contributed by atoms with E-state index in [1.54, 1.807) is 28.4 Å². The summed E-state index contributed by atoms with van der Waals surface area (Å²) < 4.78 is 34.3. The van der Waals surface area contributed by atoms with E-state index in [1.165, 1.54) is 0 Å². The molecule has 0 atom stereocenters. The third-order valence-corrected chi connectivity index (χ3v) is 5.19. The van der Waals surface area contributed by atoms with Crippen molar-refractivity contribution in [2.75, 3.05) is 41.7 Å². The first-order chi connectivity index (χ1) is 16.0. The van der Waals surface area contributed by atoms with Gasteiger partial charge in [0, 0.05) is 22.3 Å². The molecule has 0 spiro atoms. The number of methoxy groups -OCH3 is 4. The molecule has 0 aliphatic carbocycles. The van der Waals surface area contributed by atoms with Crippen molar-refractivity contribution in [2.45, 2.75) is 20.0 Å². The minimum absolute atomic E-state index is 0.125. The van der Waals surface area contributed by atoms with Crippen LogP contribution in [0.4, 0.5) is 0 Å². The fraction of sp³-hybridized carbons (Fsp3) is 0.333. The highest BCUT2D eigenvalue weighted by Gasteiger charge is 2.20. The molecule has 0 aliphatic heterocycles. The van der Waals surface area contributed by atoms with Crippen LogP contribution in [0.15, 0.2) is 54.6 Å². The lowest BCUT2D eigenvalue weighted by molar-refractivity contribution is 0.0555. The summed E-state index contributed by atoms with van der Waals surface area (Å²) in [4.78, 5) is 0. The second-order valence-electron chi connectivity index (χ2n) is 7.58. The standard InChI is InChI=1S/C27H32O6/c1-18(2)32-14-15-33-27-21(23-16-19(28-3)10-12-25(23)30-5)8-7-9-22(27)24-17-20(29-4)11-13-26(24)31-6/h7-13,16-18H,14-15H2,1-6H3. The van der Waals surface area contributed by atoms with E-state index in [9.17, 15) is 0 Å². The van der Waals surface area contributed by atoms with E-state index in [4.69, 9.17) is 28.4 Å². The molecule has 3 aromatic rings. The Bertz CT molecular complexity index is 987. The van der Waals surface area contributed by atoms with Gasteiger partial charge in [-0.05, 0) is 50.2 Å². The second-order valence-corrected chi connectivity index (χ2v) is 7.58. The van der Waals surface area contributed by atoms with Crippen LogP contribution in [0.25, 0.3) is 22.3 Å². The predicted molar refractivity (Wildman–Crippen MR) is 130 cm³/mol. The SMILES string of the molecule is COc1ccc(OC)c(-c2cccc(-c3cc(OC)ccc3OC)c2OCCOC(C)C)c1. The van der Waals surface area contributed by atoms with Crippen LogP contribution in [0.5, 0.6) is 28.7 Å². The van der Waals surface area contributed by atoms with Crippen LogP contribution in [-0.4, -0.2) is 47.8 Å². The molecule has 3 rings (SSSR count). The average Bonchev–Trinajstić information content (AvgIpc) is 2.85. The van der Waals surface area contributed by atoms with Gasteiger partial charge in [0.25, 0.3) is 0 Å². The van der Waals surface area contributed by atoms with Crippen molar-refractivity contribution in [2.24, 2.45) is 0 Å². The van der Waals surface area contributed by atoms with Gasteiger partial charge >= 0.3 is 0 Å². The van der Waals surface area contributed by atoms with Crippen LogP contribution < -0.4 is 23.7 Å². The largest absolute Gasteiger partial charge is 0.497 e. The first-order valence-corrected chi connectivity index (χ1v) is 10.8. The molecule has 0 radical (unpaired) electrons. The summed E-state index contributed by atoms with van der Waals surface area (Å²) in [5.74, 6) is 3.58. The van der Waals surface area contributed by atoms with Gasteiger partial charge in [0.05, 0.1) is 41.2 Å². The van der Waals surface area contributed by atoms with Gasteiger partial charge in [0.2, 0.25) is 0 Å². The minimum atomic E-state index is 0.125. The summed E-state index contributed by atoms with van der Waals surface area (Å²) in [6.07, 6.45) is 0.125. The highest BCUT2D eigenvalue weighted by atomic mass is 16.5. The number of ether oxygens (including phenoxy) is 6. The molecule has 33 heavy (non-hydrogen) atoms. The number of hydrogen-bond acceptors (Lipinski definition) is 6. The maximum atomic E-state index is 6.36. The molecule has 0 heterocycles. The van der Waals surface area contributed by atoms with Crippen molar-refractivity contribution in [3.8, 4) is 51.0 Å². The molecule has 176 valence electrons. The highest BCUT2D eigenvalue weighted by Crippen LogP contribution is 2.46. The Kier molecular flexibility index (Phi) is 8.44. The molecule has 6 nitrogen and oxygen atoms in total. The normalized spacial score (nSPS) is 10.8. The molecule has 0 bridgehead atoms. The first kappa shape index (κ1) is 24.3. The molecule has 3 aromatic carbocycles. The van der Waals surface area contributed by atoms with Gasteiger partial charge < -0.3 is 28.4 Å². The van der Waals surface area contributed by atoms with Crippen LogP contribution in [0.3, 0.4) is 0 Å². The van der Waals surface area contributed by atoms with E-state index in [-0.39, 0.29) is 6.10 Å². The topological polar surface area (TPSA) is 55.4 Å². The predicted octanol–water partition coefficient (Wildman–Crippen LogP) is 5.86. The van der Waals surface area contributed by atoms with Crippen LogP contribution in [0.2, 0.25) is 0 Å². The van der Waals surface area contributed by atoms with Crippen molar-refractivity contribution >= 4 is 0 Å². The zero-order chi connectivity index (χ0) is 23.8. The lowest BCUT2D eigenvalue weighted by Crippen LogP contribution is -2.12. The Labute approximate surface area is 196 Å². The van der Waals surface area contributed by atoms with Crippen molar-refractivity contribution in [1.82, 2.24) is 0 Å². The molecule has 0 saturated carbocycles. The third-order valence-electron chi connectivity index (χ3n) is 5.19. The smallest absolute Gasteiger partial charge is 0.135 e. The molecule has 0 aliphatic rings. The van der Waals surface area contributed by atoms with Gasteiger partial charge in [-0.2, -0.15) is 0 Å². The number of rotatable bonds is 11. The van der Waals surface area contributed by atoms with Gasteiger partial charge in [-0.25, -0.2) is 0 Å². The summed E-state index contributed by atoms with van der Waals surface area (Å²) in [5.41, 5.74) is 3.47. The van der Waals surface area contributed by atoms with Gasteiger partial charge in [-0.1, -0.05) is 18.2 Å². The van der Waals surface area contributed by atoms with E-state index in [2.05, 4.69) is 0 Å². The number of benzene rings is 3. The molecule has 0 aromatic heterocycles. The van der Waals surface area contributed by atoms with Crippen LogP contribution >= 0.6 is 0 Å². The Morgan fingerprint density at radius 1 is 0.606 bits per heavy atom. The van der Waals surface area contributed by atoms with Crippen LogP contribution in [0.1, 0.15) is 13.8 Å². The maximum absolute atomic E-state index is 6.36. The fourth-order valence-corrected chi connectivity index (χ4v) is 3.59. The molecule has 6 heteroatoms. The quantitative estimate of drug-likeness (QED) is 0.340. The summed E-state index contributed by atoms with van der Waals surface area (Å²) in [6.45, 7) is 4.86. The zero-order valence-corrected chi connectivity index (χ0v) is 20.1. The fourth-order valence-electron chi connectivity index (χ4n) is 3.59. The van der Waals surface area contributed by atoms with Crippen molar-refractivity contribution in [1.29, 1.82) is 0 Å². The Morgan fingerprint density at radius 3 is 1.55 bits per heavy atom. The molecular formula is C27H32O6. The van der Waals surface area contributed by atoms with E-state index >= 15 is 0 Å². The van der Waals surface area contributed by atoms with Crippen LogP contribution in [-0.2, 0) is 4.74 Å². The van der Waals surface area contributed by atoms with E-state index in [0.717, 1.165) is 33.8 Å². The van der Waals surface area contributed by atoms with Crippen molar-refractivity contribution in [3.63, 3.8) is 0 Å². The van der Waals surface area contributed by atoms with Crippen molar-refractivity contribution < 1.29 is 28.4 Å². The zero-order valence-electron chi connectivity index (χ0n) is 20.1. The van der Waals surface area contributed by atoms with Crippen LogP contribution in [0, 0.1) is 0 Å². The second kappa shape index (κ2) is 11.5. The first-order valence-electron chi connectivity index (χ1n) is 10.8. The lowest BCUT2D eigenvalue weighted by atomic mass is 9.95. The molecule has 0 amide bonds. The third kappa shape index (κ3) is 5.71. The Balaban J connectivity index is 2.20. The molecule has 0 N–H and O–H groups in total. The monoisotopic (exact) mass is 452 g/mol. The highest BCUT2D eigenvalue weighted by molar-refractivity contribution is 5.87. The van der Waals surface area contributed by atoms with E-state index in [0.29, 0.717) is 30.5 Å². The maximum Gasteiger partial charge on any atom is 0.135 e. The Hall–Kier alpha value is -3.38. The minimum Gasteiger partial charge on any atom is -0.497 e. The molecular weight excluding hydrogens is 420 g/mol. The average molecular weight is 453 g/mol. The number of hydrogen-bond donors (Lipinski definition) is 0.